The van der Waals surface area contributed by atoms with Crippen molar-refractivity contribution in [1.29, 1.82) is 0 Å². The van der Waals surface area contributed by atoms with Gasteiger partial charge in [0.25, 0.3) is 0 Å². The van der Waals surface area contributed by atoms with Crippen LogP contribution in [-0.2, 0) is 10.0 Å². The van der Waals surface area contributed by atoms with Crippen LogP contribution in [-0.4, -0.2) is 24.1 Å². The average molecular weight is 277 g/mol. The van der Waals surface area contributed by atoms with E-state index in [0.29, 0.717) is 5.69 Å². The second-order valence-corrected chi connectivity index (χ2v) is 6.31. The Morgan fingerprint density at radius 1 is 1.47 bits per heavy atom. The minimum Gasteiger partial charge on any atom is -0.392 e. The zero-order valence-corrected chi connectivity index (χ0v) is 11.7. The molecule has 96 valence electrons. The summed E-state index contributed by atoms with van der Waals surface area (Å²) in [7, 11) is -3.75. The van der Waals surface area contributed by atoms with Crippen molar-refractivity contribution in [2.75, 3.05) is 0 Å². The first kappa shape index (κ1) is 14.1. The van der Waals surface area contributed by atoms with Gasteiger partial charge in [-0.05, 0) is 27.7 Å². The summed E-state index contributed by atoms with van der Waals surface area (Å²) in [5.41, 5.74) is 4.76. The topological polar surface area (TPSA) is 98.2 Å². The lowest BCUT2D eigenvalue weighted by atomic mass is 10.1. The molecule has 0 saturated heterocycles. The van der Waals surface area contributed by atoms with Gasteiger partial charge in [-0.15, -0.1) is 0 Å². The van der Waals surface area contributed by atoms with E-state index in [4.69, 9.17) is 22.5 Å². The van der Waals surface area contributed by atoms with Gasteiger partial charge >= 0.3 is 0 Å². The molecule has 0 aliphatic heterocycles. The molecular formula is C9H15N3O3S2. The van der Waals surface area contributed by atoms with E-state index in [1.165, 1.54) is 6.92 Å². The van der Waals surface area contributed by atoms with Gasteiger partial charge in [0, 0.05) is 0 Å². The number of hydrogen-bond acceptors (Lipinski definition) is 5. The Morgan fingerprint density at radius 3 is 2.35 bits per heavy atom. The molecule has 6 nitrogen and oxygen atoms in total. The van der Waals surface area contributed by atoms with Crippen molar-refractivity contribution in [3.63, 3.8) is 0 Å². The van der Waals surface area contributed by atoms with Crippen LogP contribution in [0.25, 0.3) is 0 Å². The zero-order chi connectivity index (χ0) is 13.4. The number of rotatable bonds is 4. The van der Waals surface area contributed by atoms with Crippen LogP contribution < -0.4 is 10.5 Å². The van der Waals surface area contributed by atoms with E-state index in [1.54, 1.807) is 20.8 Å². The molecule has 1 aromatic heterocycles. The Labute approximate surface area is 106 Å². The average Bonchev–Trinajstić information content (AvgIpc) is 2.44. The summed E-state index contributed by atoms with van der Waals surface area (Å²) < 4.78 is 31.5. The highest BCUT2D eigenvalue weighted by Gasteiger charge is 2.32. The lowest BCUT2D eigenvalue weighted by Crippen LogP contribution is -2.52. The predicted octanol–water partition coefficient (Wildman–Crippen LogP) is 0.634. The van der Waals surface area contributed by atoms with E-state index in [9.17, 15) is 8.42 Å². The van der Waals surface area contributed by atoms with Crippen LogP contribution in [0.1, 0.15) is 25.3 Å². The van der Waals surface area contributed by atoms with Gasteiger partial charge in [0.2, 0.25) is 10.0 Å². The van der Waals surface area contributed by atoms with Crippen molar-refractivity contribution in [3.05, 3.63) is 11.5 Å². The maximum Gasteiger partial charge on any atom is 0.246 e. The number of hydrogen-bond donors (Lipinski definition) is 2. The van der Waals surface area contributed by atoms with Crippen LogP contribution in [0.3, 0.4) is 0 Å². The molecule has 1 aromatic rings. The first-order valence-electron chi connectivity index (χ1n) is 4.84. The minimum atomic E-state index is -3.75. The van der Waals surface area contributed by atoms with Gasteiger partial charge in [0.05, 0.1) is 10.5 Å². The fourth-order valence-electron chi connectivity index (χ4n) is 1.30. The Balaban J connectivity index is 3.19. The molecule has 0 saturated carbocycles. The zero-order valence-electron chi connectivity index (χ0n) is 10.1. The van der Waals surface area contributed by atoms with Crippen molar-refractivity contribution in [3.8, 4) is 0 Å². The number of aryl methyl sites for hydroxylation is 2. The summed E-state index contributed by atoms with van der Waals surface area (Å²) in [6, 6.07) is 0. The molecule has 0 unspecified atom stereocenters. The first-order valence-corrected chi connectivity index (χ1v) is 6.74. The molecule has 8 heteroatoms. The fraction of sp³-hybridized carbons (Fsp3) is 0.556. The summed E-state index contributed by atoms with van der Waals surface area (Å²) >= 11 is 4.81. The van der Waals surface area contributed by atoms with Gasteiger partial charge in [-0.2, -0.15) is 4.72 Å². The number of sulfonamides is 1. The quantitative estimate of drug-likeness (QED) is 0.783. The normalized spacial score (nSPS) is 12.7. The van der Waals surface area contributed by atoms with Crippen LogP contribution in [0, 0.1) is 13.8 Å². The summed E-state index contributed by atoms with van der Waals surface area (Å²) in [6.45, 7) is 6.26. The largest absolute Gasteiger partial charge is 0.392 e. The van der Waals surface area contributed by atoms with E-state index in [1.807, 2.05) is 0 Å². The molecule has 0 radical (unpaired) electrons. The molecule has 0 fully saturated rings. The molecule has 0 atom stereocenters. The van der Waals surface area contributed by atoms with Crippen LogP contribution in [0.15, 0.2) is 9.42 Å². The number of nitrogens with zero attached hydrogens (tertiary/aromatic N) is 1. The summed E-state index contributed by atoms with van der Waals surface area (Å²) in [6.07, 6.45) is 0. The number of aromatic nitrogens is 1. The van der Waals surface area contributed by atoms with E-state index < -0.39 is 15.6 Å². The lowest BCUT2D eigenvalue weighted by molar-refractivity contribution is 0.390. The Kier molecular flexibility index (Phi) is 3.60. The molecule has 0 aromatic carbocycles. The van der Waals surface area contributed by atoms with E-state index >= 15 is 0 Å². The highest BCUT2D eigenvalue weighted by molar-refractivity contribution is 7.89. The molecule has 3 N–H and O–H groups in total. The van der Waals surface area contributed by atoms with Gasteiger partial charge in [-0.3, -0.25) is 0 Å². The molecule has 0 spiro atoms. The third kappa shape index (κ3) is 2.82. The van der Waals surface area contributed by atoms with E-state index in [0.717, 1.165) is 0 Å². The number of nitrogens with one attached hydrogen (secondary N) is 1. The highest BCUT2D eigenvalue weighted by Crippen LogP contribution is 2.20. The smallest absolute Gasteiger partial charge is 0.246 e. The SMILES string of the molecule is Cc1noc(C)c1S(=O)(=O)NC(C)(C)C(N)=S. The molecular weight excluding hydrogens is 262 g/mol. The molecule has 0 aliphatic rings. The molecule has 0 amide bonds. The third-order valence-electron chi connectivity index (χ3n) is 2.24. The monoisotopic (exact) mass is 277 g/mol. The lowest BCUT2D eigenvalue weighted by Gasteiger charge is -2.24. The Bertz CT molecular complexity index is 526. The van der Waals surface area contributed by atoms with Crippen molar-refractivity contribution in [2.24, 2.45) is 5.73 Å². The standard InChI is InChI=1S/C9H15N3O3S2/c1-5-7(6(2)15-11-5)17(13,14)12-9(3,4)8(10)16/h12H,1-4H3,(H2,10,16). The third-order valence-corrected chi connectivity index (χ3v) is 4.65. The van der Waals surface area contributed by atoms with E-state index in [-0.39, 0.29) is 15.6 Å². The Hall–Kier alpha value is -0.990. The van der Waals surface area contributed by atoms with Gasteiger partial charge in [-0.25, -0.2) is 8.42 Å². The van der Waals surface area contributed by atoms with E-state index in [2.05, 4.69) is 9.88 Å². The number of nitrogens with two attached hydrogens (primary N) is 1. The molecule has 0 bridgehead atoms. The molecule has 1 rings (SSSR count). The minimum absolute atomic E-state index is 0.0295. The summed E-state index contributed by atoms with van der Waals surface area (Å²) in [5.74, 6) is 0.230. The summed E-state index contributed by atoms with van der Waals surface area (Å²) in [5, 5.41) is 3.60. The second-order valence-electron chi connectivity index (χ2n) is 4.25. The van der Waals surface area contributed by atoms with Gasteiger partial charge in [0.15, 0.2) is 5.76 Å². The van der Waals surface area contributed by atoms with Crippen molar-refractivity contribution in [2.45, 2.75) is 38.1 Å². The van der Waals surface area contributed by atoms with Gasteiger partial charge in [-0.1, -0.05) is 17.4 Å². The number of thiocarbonyl (C=S) groups is 1. The second kappa shape index (κ2) is 4.35. The predicted molar refractivity (Wildman–Crippen MR) is 67.2 cm³/mol. The summed E-state index contributed by atoms with van der Waals surface area (Å²) in [4.78, 5) is 0.0923. The maximum atomic E-state index is 12.1. The van der Waals surface area contributed by atoms with Crippen LogP contribution in [0.5, 0.6) is 0 Å². The fourth-order valence-corrected chi connectivity index (χ4v) is 3.14. The van der Waals surface area contributed by atoms with Gasteiger partial charge in [0.1, 0.15) is 10.6 Å². The van der Waals surface area contributed by atoms with Crippen LogP contribution in [0.4, 0.5) is 0 Å². The molecule has 17 heavy (non-hydrogen) atoms. The first-order chi connectivity index (χ1) is 7.58. The Morgan fingerprint density at radius 2 is 2.00 bits per heavy atom. The van der Waals surface area contributed by atoms with Crippen molar-refractivity contribution >= 4 is 27.2 Å². The van der Waals surface area contributed by atoms with Crippen molar-refractivity contribution in [1.82, 2.24) is 9.88 Å². The van der Waals surface area contributed by atoms with Gasteiger partial charge < -0.3 is 10.3 Å². The van der Waals surface area contributed by atoms with Crippen molar-refractivity contribution < 1.29 is 12.9 Å². The maximum absolute atomic E-state index is 12.1. The van der Waals surface area contributed by atoms with Crippen LogP contribution in [0.2, 0.25) is 0 Å². The highest BCUT2D eigenvalue weighted by atomic mass is 32.2. The molecule has 1 heterocycles. The molecule has 0 aliphatic carbocycles. The van der Waals surface area contributed by atoms with Crippen LogP contribution >= 0.6 is 12.2 Å².